The van der Waals surface area contributed by atoms with Crippen molar-refractivity contribution in [2.24, 2.45) is 0 Å². The Labute approximate surface area is 154 Å². The molecule has 0 atom stereocenters. The van der Waals surface area contributed by atoms with Crippen molar-refractivity contribution < 1.29 is 22.7 Å². The normalized spacial score (nSPS) is 11.2. The molecule has 1 heterocycles. The first kappa shape index (κ1) is 20.3. The minimum absolute atomic E-state index is 0.00652. The van der Waals surface area contributed by atoms with Crippen LogP contribution < -0.4 is 5.32 Å². The Balaban J connectivity index is 2.24. The van der Waals surface area contributed by atoms with Crippen LogP contribution in [-0.4, -0.2) is 41.9 Å². The molecule has 0 aliphatic rings. The number of esters is 1. The highest BCUT2D eigenvalue weighted by Gasteiger charge is 2.23. The number of ether oxygens (including phenoxy) is 1. The molecule has 0 bridgehead atoms. The third kappa shape index (κ3) is 5.22. The van der Waals surface area contributed by atoms with Crippen molar-refractivity contribution in [3.63, 3.8) is 0 Å². The van der Waals surface area contributed by atoms with Crippen LogP contribution in [0.5, 0.6) is 0 Å². The molecule has 0 spiro atoms. The zero-order valence-corrected chi connectivity index (χ0v) is 14.9. The van der Waals surface area contributed by atoms with Crippen molar-refractivity contribution in [2.75, 3.05) is 19.7 Å². The second kappa shape index (κ2) is 9.59. The van der Waals surface area contributed by atoms with Gasteiger partial charge in [-0.15, -0.1) is 0 Å². The highest BCUT2D eigenvalue weighted by atomic mass is 35.5. The Hall–Kier alpha value is -2.06. The fourth-order valence-corrected chi connectivity index (χ4v) is 2.66. The van der Waals surface area contributed by atoms with E-state index in [1.807, 2.05) is 0 Å². The van der Waals surface area contributed by atoms with Crippen LogP contribution >= 0.6 is 11.6 Å². The lowest BCUT2D eigenvalue weighted by Crippen LogP contribution is -2.24. The molecular formula is C17H19ClF3N3O2. The quantitative estimate of drug-likeness (QED) is 0.528. The SMILES string of the molecule is CCOC(=O)c1nn(Cc2ccccc2F)c(Cl)c1CCNCC(F)F. The van der Waals surface area contributed by atoms with Gasteiger partial charge in [-0.25, -0.2) is 22.6 Å². The molecule has 0 aliphatic heterocycles. The van der Waals surface area contributed by atoms with E-state index >= 15 is 0 Å². The second-order valence-corrected chi connectivity index (χ2v) is 5.79. The smallest absolute Gasteiger partial charge is 0.359 e. The lowest BCUT2D eigenvalue weighted by molar-refractivity contribution is 0.0517. The monoisotopic (exact) mass is 389 g/mol. The Morgan fingerprint density at radius 3 is 2.77 bits per heavy atom. The lowest BCUT2D eigenvalue weighted by Gasteiger charge is -2.06. The number of rotatable bonds is 9. The second-order valence-electron chi connectivity index (χ2n) is 5.43. The summed E-state index contributed by atoms with van der Waals surface area (Å²) in [4.78, 5) is 12.1. The molecule has 5 nitrogen and oxygen atoms in total. The summed E-state index contributed by atoms with van der Waals surface area (Å²) in [6, 6.07) is 6.14. The number of halogens is 4. The van der Waals surface area contributed by atoms with Gasteiger partial charge in [-0.05, 0) is 26.0 Å². The molecular weight excluding hydrogens is 371 g/mol. The summed E-state index contributed by atoms with van der Waals surface area (Å²) in [5.74, 6) is -1.08. The van der Waals surface area contributed by atoms with Gasteiger partial charge in [-0.1, -0.05) is 29.8 Å². The van der Waals surface area contributed by atoms with E-state index in [0.29, 0.717) is 11.1 Å². The first-order chi connectivity index (χ1) is 12.4. The molecule has 0 saturated carbocycles. The largest absolute Gasteiger partial charge is 0.461 e. The van der Waals surface area contributed by atoms with Gasteiger partial charge in [0.05, 0.1) is 19.7 Å². The third-order valence-electron chi connectivity index (χ3n) is 3.58. The van der Waals surface area contributed by atoms with Crippen LogP contribution in [-0.2, 0) is 17.7 Å². The van der Waals surface area contributed by atoms with Crippen LogP contribution in [0.3, 0.4) is 0 Å². The van der Waals surface area contributed by atoms with Crippen LogP contribution in [0.2, 0.25) is 5.15 Å². The van der Waals surface area contributed by atoms with E-state index in [9.17, 15) is 18.0 Å². The fraction of sp³-hybridized carbons (Fsp3) is 0.412. The summed E-state index contributed by atoms with van der Waals surface area (Å²) in [6.45, 7) is 1.55. The van der Waals surface area contributed by atoms with E-state index in [1.54, 1.807) is 25.1 Å². The van der Waals surface area contributed by atoms with Crippen molar-refractivity contribution in [2.45, 2.75) is 26.3 Å². The topological polar surface area (TPSA) is 56.1 Å². The van der Waals surface area contributed by atoms with Crippen LogP contribution in [0.15, 0.2) is 24.3 Å². The molecule has 0 radical (unpaired) electrons. The summed E-state index contributed by atoms with van der Waals surface area (Å²) in [5, 5.41) is 6.86. The maximum absolute atomic E-state index is 13.9. The van der Waals surface area contributed by atoms with Crippen molar-refractivity contribution >= 4 is 17.6 Å². The Kier molecular flexibility index (Phi) is 7.47. The Morgan fingerprint density at radius 2 is 2.12 bits per heavy atom. The van der Waals surface area contributed by atoms with E-state index in [1.165, 1.54) is 10.7 Å². The van der Waals surface area contributed by atoms with Crippen LogP contribution in [0.1, 0.15) is 28.5 Å². The number of carbonyl (C=O) groups excluding carboxylic acids is 1. The average Bonchev–Trinajstić information content (AvgIpc) is 2.90. The summed E-state index contributed by atoms with van der Waals surface area (Å²) in [6.07, 6.45) is -2.27. The number of nitrogens with zero attached hydrogens (tertiary/aromatic N) is 2. The number of carbonyl (C=O) groups is 1. The first-order valence-electron chi connectivity index (χ1n) is 8.08. The van der Waals surface area contributed by atoms with E-state index in [4.69, 9.17) is 16.3 Å². The molecule has 0 amide bonds. The molecule has 26 heavy (non-hydrogen) atoms. The van der Waals surface area contributed by atoms with Crippen LogP contribution in [0, 0.1) is 5.82 Å². The zero-order valence-electron chi connectivity index (χ0n) is 14.1. The predicted octanol–water partition coefficient (Wildman–Crippen LogP) is 3.30. The summed E-state index contributed by atoms with van der Waals surface area (Å²) >= 11 is 6.31. The molecule has 1 aromatic carbocycles. The van der Waals surface area contributed by atoms with E-state index in [2.05, 4.69) is 10.4 Å². The lowest BCUT2D eigenvalue weighted by atomic mass is 10.2. The molecule has 1 N–H and O–H groups in total. The van der Waals surface area contributed by atoms with Gasteiger partial charge in [0.1, 0.15) is 11.0 Å². The van der Waals surface area contributed by atoms with Gasteiger partial charge in [0.15, 0.2) is 5.69 Å². The predicted molar refractivity (Wildman–Crippen MR) is 91.3 cm³/mol. The minimum Gasteiger partial charge on any atom is -0.461 e. The number of alkyl halides is 2. The summed E-state index contributed by atoms with van der Waals surface area (Å²) in [7, 11) is 0. The van der Waals surface area contributed by atoms with E-state index in [-0.39, 0.29) is 37.0 Å². The zero-order chi connectivity index (χ0) is 19.1. The van der Waals surface area contributed by atoms with Gasteiger partial charge in [-0.3, -0.25) is 0 Å². The Bertz CT molecular complexity index is 753. The standard InChI is InChI=1S/C17H19ClF3N3O2/c1-2-26-17(25)15-12(7-8-22-9-14(20)21)16(18)24(23-15)10-11-5-3-4-6-13(11)19/h3-6,14,22H,2,7-10H2,1H3. The molecule has 9 heteroatoms. The van der Waals surface area contributed by atoms with Crippen molar-refractivity contribution in [3.05, 3.63) is 52.1 Å². The fourth-order valence-electron chi connectivity index (χ4n) is 2.38. The van der Waals surface area contributed by atoms with E-state index in [0.717, 1.165) is 0 Å². The van der Waals surface area contributed by atoms with Crippen molar-refractivity contribution in [1.29, 1.82) is 0 Å². The molecule has 0 saturated heterocycles. The molecule has 1 aromatic heterocycles. The van der Waals surface area contributed by atoms with Gasteiger partial charge in [0.25, 0.3) is 6.43 Å². The van der Waals surface area contributed by atoms with Crippen molar-refractivity contribution in [1.82, 2.24) is 15.1 Å². The van der Waals surface area contributed by atoms with Crippen molar-refractivity contribution in [3.8, 4) is 0 Å². The van der Waals surface area contributed by atoms with Gasteiger partial charge in [0.2, 0.25) is 0 Å². The van der Waals surface area contributed by atoms with Gasteiger partial charge in [0, 0.05) is 11.1 Å². The maximum atomic E-state index is 13.9. The highest BCUT2D eigenvalue weighted by Crippen LogP contribution is 2.23. The van der Waals surface area contributed by atoms with Gasteiger partial charge >= 0.3 is 5.97 Å². The average molecular weight is 390 g/mol. The third-order valence-corrected chi connectivity index (χ3v) is 4.00. The van der Waals surface area contributed by atoms with Gasteiger partial charge < -0.3 is 10.1 Å². The minimum atomic E-state index is -2.47. The number of benzene rings is 1. The maximum Gasteiger partial charge on any atom is 0.359 e. The summed E-state index contributed by atoms with van der Waals surface area (Å²) < 4.78 is 44.6. The molecule has 2 aromatic rings. The van der Waals surface area contributed by atoms with Crippen LogP contribution in [0.4, 0.5) is 13.2 Å². The molecule has 0 fully saturated rings. The van der Waals surface area contributed by atoms with E-state index < -0.39 is 24.8 Å². The highest BCUT2D eigenvalue weighted by molar-refractivity contribution is 6.30. The molecule has 0 aliphatic carbocycles. The Morgan fingerprint density at radius 1 is 1.38 bits per heavy atom. The first-order valence-corrected chi connectivity index (χ1v) is 8.46. The number of aromatic nitrogens is 2. The number of hydrogen-bond donors (Lipinski definition) is 1. The number of hydrogen-bond acceptors (Lipinski definition) is 4. The molecule has 0 unspecified atom stereocenters. The van der Waals surface area contributed by atoms with Gasteiger partial charge in [-0.2, -0.15) is 5.10 Å². The number of nitrogens with one attached hydrogen (secondary N) is 1. The molecule has 2 rings (SSSR count). The van der Waals surface area contributed by atoms with Crippen LogP contribution in [0.25, 0.3) is 0 Å². The molecule has 142 valence electrons. The summed E-state index contributed by atoms with van der Waals surface area (Å²) in [5.41, 5.74) is 0.741.